The highest BCUT2D eigenvalue weighted by Crippen LogP contribution is 2.24. The summed E-state index contributed by atoms with van der Waals surface area (Å²) in [6, 6.07) is 9.15. The molecule has 0 fully saturated rings. The van der Waals surface area contributed by atoms with Crippen LogP contribution >= 0.6 is 11.6 Å². The van der Waals surface area contributed by atoms with E-state index in [0.29, 0.717) is 10.6 Å². The van der Waals surface area contributed by atoms with E-state index in [4.69, 9.17) is 11.6 Å². The molecule has 0 atom stereocenters. The Hall–Kier alpha value is -2.07. The molecule has 5 heteroatoms. The van der Waals surface area contributed by atoms with Crippen LogP contribution in [0.1, 0.15) is 10.4 Å². The van der Waals surface area contributed by atoms with Gasteiger partial charge in [0, 0.05) is 26.5 Å². The van der Waals surface area contributed by atoms with Gasteiger partial charge in [-0.1, -0.05) is 23.7 Å². The van der Waals surface area contributed by atoms with E-state index in [1.165, 1.54) is 6.20 Å². The van der Waals surface area contributed by atoms with Crippen molar-refractivity contribution in [3.63, 3.8) is 0 Å². The highest BCUT2D eigenvalue weighted by molar-refractivity contribution is 6.34. The van der Waals surface area contributed by atoms with Gasteiger partial charge in [-0.25, -0.2) is 0 Å². The molecule has 0 radical (unpaired) electrons. The van der Waals surface area contributed by atoms with Crippen LogP contribution in [0.4, 0.5) is 11.4 Å². The van der Waals surface area contributed by atoms with E-state index in [-0.39, 0.29) is 5.91 Å². The first-order chi connectivity index (χ1) is 9.09. The number of hydrogen-bond acceptors (Lipinski definition) is 3. The van der Waals surface area contributed by atoms with E-state index in [1.54, 1.807) is 12.3 Å². The normalized spacial score (nSPS) is 10.1. The van der Waals surface area contributed by atoms with E-state index in [1.807, 2.05) is 43.3 Å². The van der Waals surface area contributed by atoms with Crippen molar-refractivity contribution >= 4 is 28.9 Å². The number of amides is 1. The first-order valence-corrected chi connectivity index (χ1v) is 6.14. The van der Waals surface area contributed by atoms with Crippen molar-refractivity contribution in [2.24, 2.45) is 0 Å². The molecule has 1 heterocycles. The molecule has 1 aromatic carbocycles. The van der Waals surface area contributed by atoms with Gasteiger partial charge in [-0.3, -0.25) is 9.78 Å². The zero-order chi connectivity index (χ0) is 13.8. The maximum Gasteiger partial charge on any atom is 0.258 e. The summed E-state index contributed by atoms with van der Waals surface area (Å²) >= 11 is 5.98. The molecule has 0 saturated carbocycles. The van der Waals surface area contributed by atoms with Gasteiger partial charge in [0.2, 0.25) is 0 Å². The second-order valence-corrected chi connectivity index (χ2v) is 4.63. The van der Waals surface area contributed by atoms with Gasteiger partial charge >= 0.3 is 0 Å². The fraction of sp³-hybridized carbons (Fsp3) is 0.143. The minimum Gasteiger partial charge on any atom is -0.376 e. The predicted octanol–water partition coefficient (Wildman–Crippen LogP) is 3.05. The number of carbonyl (C=O) groups is 1. The summed E-state index contributed by atoms with van der Waals surface area (Å²) in [5.74, 6) is -0.271. The minimum absolute atomic E-state index is 0.271. The largest absolute Gasteiger partial charge is 0.376 e. The highest BCUT2D eigenvalue weighted by atomic mass is 35.5. The molecule has 0 unspecified atom stereocenters. The molecule has 1 N–H and O–H groups in total. The molecule has 0 spiro atoms. The molecule has 2 rings (SSSR count). The molecule has 1 amide bonds. The summed E-state index contributed by atoms with van der Waals surface area (Å²) < 4.78 is 0. The van der Waals surface area contributed by atoms with Crippen LogP contribution in [0.3, 0.4) is 0 Å². The van der Waals surface area contributed by atoms with Crippen molar-refractivity contribution in [3.05, 3.63) is 53.3 Å². The zero-order valence-electron chi connectivity index (χ0n) is 10.7. The van der Waals surface area contributed by atoms with Crippen LogP contribution in [-0.4, -0.2) is 25.0 Å². The van der Waals surface area contributed by atoms with E-state index in [9.17, 15) is 4.79 Å². The van der Waals surface area contributed by atoms with Gasteiger partial charge in [0.25, 0.3) is 5.91 Å². The van der Waals surface area contributed by atoms with Crippen molar-refractivity contribution in [1.82, 2.24) is 4.98 Å². The van der Waals surface area contributed by atoms with Crippen LogP contribution in [0.25, 0.3) is 0 Å². The van der Waals surface area contributed by atoms with Crippen molar-refractivity contribution < 1.29 is 4.79 Å². The molecule has 0 aliphatic rings. The number of pyridine rings is 1. The maximum atomic E-state index is 12.2. The Morgan fingerprint density at radius 3 is 2.68 bits per heavy atom. The summed E-state index contributed by atoms with van der Waals surface area (Å²) in [5.41, 5.74) is 2.02. The monoisotopic (exact) mass is 275 g/mol. The molecule has 4 nitrogen and oxygen atoms in total. The lowest BCUT2D eigenvalue weighted by atomic mass is 10.2. The summed E-state index contributed by atoms with van der Waals surface area (Å²) in [6.07, 6.45) is 3.00. The number of anilines is 2. The lowest BCUT2D eigenvalue weighted by Gasteiger charge is -2.17. The number of halogens is 1. The lowest BCUT2D eigenvalue weighted by Crippen LogP contribution is -2.17. The van der Waals surface area contributed by atoms with Gasteiger partial charge in [0.05, 0.1) is 22.0 Å². The second-order valence-electron chi connectivity index (χ2n) is 4.22. The number of rotatable bonds is 3. The Morgan fingerprint density at radius 2 is 2.00 bits per heavy atom. The van der Waals surface area contributed by atoms with Gasteiger partial charge in [0.1, 0.15) is 0 Å². The second kappa shape index (κ2) is 5.71. The first kappa shape index (κ1) is 13.4. The number of aromatic nitrogens is 1. The molecule has 0 aliphatic carbocycles. The summed E-state index contributed by atoms with van der Waals surface area (Å²) in [6.45, 7) is 0. The van der Waals surface area contributed by atoms with E-state index < -0.39 is 0 Å². The quantitative estimate of drug-likeness (QED) is 0.936. The van der Waals surface area contributed by atoms with Crippen LogP contribution in [0, 0.1) is 0 Å². The smallest absolute Gasteiger partial charge is 0.258 e. The average molecular weight is 276 g/mol. The Morgan fingerprint density at radius 1 is 1.26 bits per heavy atom. The molecular weight excluding hydrogens is 262 g/mol. The maximum absolute atomic E-state index is 12.2. The molecule has 1 aromatic heterocycles. The topological polar surface area (TPSA) is 45.2 Å². The van der Waals surface area contributed by atoms with E-state index >= 15 is 0 Å². The fourth-order valence-electron chi connectivity index (χ4n) is 1.70. The Labute approximate surface area is 117 Å². The third-order valence-corrected chi connectivity index (χ3v) is 2.98. The van der Waals surface area contributed by atoms with Crippen molar-refractivity contribution in [3.8, 4) is 0 Å². The summed E-state index contributed by atoms with van der Waals surface area (Å²) in [4.78, 5) is 18.0. The first-order valence-electron chi connectivity index (χ1n) is 5.77. The minimum atomic E-state index is -0.271. The molecular formula is C14H14ClN3O. The molecule has 0 saturated heterocycles. The number of nitrogens with one attached hydrogen (secondary N) is 1. The Kier molecular flexibility index (Phi) is 4.02. The summed E-state index contributed by atoms with van der Waals surface area (Å²) in [7, 11) is 3.84. The van der Waals surface area contributed by atoms with Gasteiger partial charge in [-0.15, -0.1) is 0 Å². The van der Waals surface area contributed by atoms with Crippen molar-refractivity contribution in [1.29, 1.82) is 0 Å². The lowest BCUT2D eigenvalue weighted by molar-refractivity contribution is 0.102. The summed E-state index contributed by atoms with van der Waals surface area (Å²) in [5, 5.41) is 3.23. The van der Waals surface area contributed by atoms with Gasteiger partial charge < -0.3 is 10.2 Å². The van der Waals surface area contributed by atoms with Crippen LogP contribution < -0.4 is 10.2 Å². The van der Waals surface area contributed by atoms with Crippen LogP contribution in [0.15, 0.2) is 42.7 Å². The standard InChI is InChI=1S/C14H14ClN3O/c1-18(2)13-6-4-3-5-12(13)17-14(19)10-9-16-8-7-11(10)15/h3-9H,1-2H3,(H,17,19). The van der Waals surface area contributed by atoms with Crippen LogP contribution in [0.5, 0.6) is 0 Å². The number of nitrogens with zero attached hydrogens (tertiary/aromatic N) is 2. The van der Waals surface area contributed by atoms with Crippen LogP contribution in [-0.2, 0) is 0 Å². The zero-order valence-corrected chi connectivity index (χ0v) is 11.5. The molecule has 0 aliphatic heterocycles. The van der Waals surface area contributed by atoms with Gasteiger partial charge in [-0.2, -0.15) is 0 Å². The Balaban J connectivity index is 2.27. The van der Waals surface area contributed by atoms with Crippen LogP contribution in [0.2, 0.25) is 5.02 Å². The highest BCUT2D eigenvalue weighted by Gasteiger charge is 2.12. The molecule has 19 heavy (non-hydrogen) atoms. The van der Waals surface area contributed by atoms with Gasteiger partial charge in [-0.05, 0) is 18.2 Å². The number of benzene rings is 1. The van der Waals surface area contributed by atoms with Crippen molar-refractivity contribution in [2.75, 3.05) is 24.3 Å². The average Bonchev–Trinajstić information content (AvgIpc) is 2.39. The molecule has 0 bridgehead atoms. The predicted molar refractivity (Wildman–Crippen MR) is 78.0 cm³/mol. The number of para-hydroxylation sites is 2. The van der Waals surface area contributed by atoms with Crippen molar-refractivity contribution in [2.45, 2.75) is 0 Å². The van der Waals surface area contributed by atoms with E-state index in [0.717, 1.165) is 11.4 Å². The number of carbonyl (C=O) groups excluding carboxylic acids is 1. The third-order valence-electron chi connectivity index (χ3n) is 2.65. The third kappa shape index (κ3) is 3.03. The SMILES string of the molecule is CN(C)c1ccccc1NC(=O)c1cnccc1Cl. The van der Waals surface area contributed by atoms with E-state index in [2.05, 4.69) is 10.3 Å². The molecule has 2 aromatic rings. The van der Waals surface area contributed by atoms with Gasteiger partial charge in [0.15, 0.2) is 0 Å². The number of hydrogen-bond donors (Lipinski definition) is 1. The molecule has 98 valence electrons. The Bertz CT molecular complexity index is 599. The fourth-order valence-corrected chi connectivity index (χ4v) is 1.89.